The van der Waals surface area contributed by atoms with Crippen molar-refractivity contribution in [2.24, 2.45) is 0 Å². The molecule has 1 aromatic heterocycles. The van der Waals surface area contributed by atoms with Crippen LogP contribution >= 0.6 is 0 Å². The molecule has 2 heterocycles. The highest BCUT2D eigenvalue weighted by molar-refractivity contribution is 5.83. The van der Waals surface area contributed by atoms with Crippen LogP contribution < -0.4 is 0 Å². The fourth-order valence-electron chi connectivity index (χ4n) is 2.86. The van der Waals surface area contributed by atoms with E-state index in [4.69, 9.17) is 9.90 Å². The van der Waals surface area contributed by atoms with Gasteiger partial charge in [0, 0.05) is 43.7 Å². The number of hydrogen-bond acceptors (Lipinski definition) is 3. The lowest BCUT2D eigenvalue weighted by Crippen LogP contribution is -2.50. The SMILES string of the molecule is CC(=O)O.CCN1CCN(CCc2c[nH]c3ccccc23)C(=O)C1. The lowest BCUT2D eigenvalue weighted by molar-refractivity contribution is -0.136. The van der Waals surface area contributed by atoms with Gasteiger partial charge in [-0.3, -0.25) is 14.5 Å². The maximum atomic E-state index is 12.1. The third-order valence-electron chi connectivity index (χ3n) is 4.17. The van der Waals surface area contributed by atoms with E-state index in [0.717, 1.165) is 39.5 Å². The van der Waals surface area contributed by atoms with Crippen molar-refractivity contribution in [3.05, 3.63) is 36.0 Å². The first-order chi connectivity index (χ1) is 11.5. The van der Waals surface area contributed by atoms with Gasteiger partial charge in [-0.1, -0.05) is 25.1 Å². The molecule has 24 heavy (non-hydrogen) atoms. The summed E-state index contributed by atoms with van der Waals surface area (Å²) in [5.41, 5.74) is 2.47. The van der Waals surface area contributed by atoms with Crippen LogP contribution in [0.25, 0.3) is 10.9 Å². The molecule has 2 aromatic rings. The van der Waals surface area contributed by atoms with Gasteiger partial charge in [-0.2, -0.15) is 0 Å². The van der Waals surface area contributed by atoms with Crippen molar-refractivity contribution in [2.75, 3.05) is 32.7 Å². The number of para-hydroxylation sites is 1. The number of carbonyl (C=O) groups is 2. The lowest BCUT2D eigenvalue weighted by Gasteiger charge is -2.33. The van der Waals surface area contributed by atoms with Crippen LogP contribution in [-0.4, -0.2) is 64.5 Å². The number of aliphatic carboxylic acids is 1. The molecule has 1 saturated heterocycles. The predicted octanol–water partition coefficient (Wildman–Crippen LogP) is 1.97. The Morgan fingerprint density at radius 1 is 1.29 bits per heavy atom. The molecule has 0 bridgehead atoms. The Labute approximate surface area is 142 Å². The summed E-state index contributed by atoms with van der Waals surface area (Å²) >= 11 is 0. The lowest BCUT2D eigenvalue weighted by atomic mass is 10.1. The number of carboxylic acid groups (broad SMARTS) is 1. The van der Waals surface area contributed by atoms with E-state index < -0.39 is 5.97 Å². The van der Waals surface area contributed by atoms with E-state index in [1.165, 1.54) is 16.5 Å². The van der Waals surface area contributed by atoms with Crippen LogP contribution in [0, 0.1) is 0 Å². The van der Waals surface area contributed by atoms with Crippen LogP contribution in [0.2, 0.25) is 0 Å². The maximum Gasteiger partial charge on any atom is 0.300 e. The van der Waals surface area contributed by atoms with Gasteiger partial charge >= 0.3 is 0 Å². The number of aromatic amines is 1. The number of likely N-dealkylation sites (N-methyl/N-ethyl adjacent to an activating group) is 1. The Bertz CT molecular complexity index is 692. The largest absolute Gasteiger partial charge is 0.481 e. The van der Waals surface area contributed by atoms with E-state index in [0.29, 0.717) is 6.54 Å². The summed E-state index contributed by atoms with van der Waals surface area (Å²) in [5.74, 6) is -0.571. The van der Waals surface area contributed by atoms with Crippen molar-refractivity contribution in [2.45, 2.75) is 20.3 Å². The summed E-state index contributed by atoms with van der Waals surface area (Å²) in [5, 5.41) is 8.69. The van der Waals surface area contributed by atoms with Gasteiger partial charge in [0.1, 0.15) is 0 Å². The van der Waals surface area contributed by atoms with Gasteiger partial charge in [0.2, 0.25) is 5.91 Å². The third kappa shape index (κ3) is 4.83. The van der Waals surface area contributed by atoms with Crippen molar-refractivity contribution in [3.63, 3.8) is 0 Å². The molecule has 0 saturated carbocycles. The van der Waals surface area contributed by atoms with E-state index in [9.17, 15) is 4.79 Å². The van der Waals surface area contributed by atoms with Crippen LogP contribution in [-0.2, 0) is 16.0 Å². The number of fused-ring (bicyclic) bond motifs is 1. The Morgan fingerprint density at radius 2 is 2.00 bits per heavy atom. The molecule has 0 radical (unpaired) electrons. The van der Waals surface area contributed by atoms with Gasteiger partial charge in [-0.25, -0.2) is 0 Å². The van der Waals surface area contributed by atoms with Crippen LogP contribution in [0.4, 0.5) is 0 Å². The van der Waals surface area contributed by atoms with E-state index >= 15 is 0 Å². The molecule has 0 atom stereocenters. The number of aromatic nitrogens is 1. The van der Waals surface area contributed by atoms with Crippen molar-refractivity contribution < 1.29 is 14.7 Å². The smallest absolute Gasteiger partial charge is 0.300 e. The highest BCUT2D eigenvalue weighted by Crippen LogP contribution is 2.18. The van der Waals surface area contributed by atoms with Crippen molar-refractivity contribution in [1.29, 1.82) is 0 Å². The summed E-state index contributed by atoms with van der Waals surface area (Å²) < 4.78 is 0. The maximum absolute atomic E-state index is 12.1. The first kappa shape index (κ1) is 18.0. The summed E-state index contributed by atoms with van der Waals surface area (Å²) in [6.07, 6.45) is 2.99. The van der Waals surface area contributed by atoms with Crippen molar-refractivity contribution in [3.8, 4) is 0 Å². The number of benzene rings is 1. The van der Waals surface area contributed by atoms with Crippen molar-refractivity contribution in [1.82, 2.24) is 14.8 Å². The third-order valence-corrected chi connectivity index (χ3v) is 4.17. The molecule has 6 heteroatoms. The fraction of sp³-hybridized carbons (Fsp3) is 0.444. The first-order valence-electron chi connectivity index (χ1n) is 8.26. The number of hydrogen-bond donors (Lipinski definition) is 2. The molecule has 1 aromatic carbocycles. The number of nitrogens with zero attached hydrogens (tertiary/aromatic N) is 2. The molecule has 1 aliphatic heterocycles. The number of carbonyl (C=O) groups excluding carboxylic acids is 1. The van der Waals surface area contributed by atoms with Crippen molar-refractivity contribution >= 4 is 22.8 Å². The number of nitrogens with one attached hydrogen (secondary N) is 1. The van der Waals surface area contributed by atoms with Gasteiger partial charge in [0.25, 0.3) is 5.97 Å². The second-order valence-electron chi connectivity index (χ2n) is 5.88. The quantitative estimate of drug-likeness (QED) is 0.898. The minimum absolute atomic E-state index is 0.262. The van der Waals surface area contributed by atoms with Gasteiger partial charge in [-0.15, -0.1) is 0 Å². The Morgan fingerprint density at radius 3 is 2.67 bits per heavy atom. The normalized spacial score (nSPS) is 15.2. The monoisotopic (exact) mass is 331 g/mol. The van der Waals surface area contributed by atoms with E-state index in [1.807, 2.05) is 11.0 Å². The molecule has 1 aliphatic rings. The number of amides is 1. The molecule has 0 aliphatic carbocycles. The molecule has 0 unspecified atom stereocenters. The molecule has 1 amide bonds. The molecular formula is C18H25N3O3. The molecule has 3 rings (SSSR count). The number of carboxylic acids is 1. The highest BCUT2D eigenvalue weighted by atomic mass is 16.4. The molecule has 1 fully saturated rings. The topological polar surface area (TPSA) is 76.6 Å². The number of rotatable bonds is 4. The predicted molar refractivity (Wildman–Crippen MR) is 94.0 cm³/mol. The van der Waals surface area contributed by atoms with Gasteiger partial charge in [-0.05, 0) is 24.6 Å². The average Bonchev–Trinajstić information content (AvgIpc) is 2.96. The summed E-state index contributed by atoms with van der Waals surface area (Å²) in [4.78, 5) is 28.5. The zero-order valence-corrected chi connectivity index (χ0v) is 14.3. The molecule has 6 nitrogen and oxygen atoms in total. The van der Waals surface area contributed by atoms with Gasteiger partial charge < -0.3 is 15.0 Å². The van der Waals surface area contributed by atoms with E-state index in [1.54, 1.807) is 0 Å². The summed E-state index contributed by atoms with van der Waals surface area (Å²) in [6, 6.07) is 8.32. The van der Waals surface area contributed by atoms with Crippen LogP contribution in [0.15, 0.2) is 30.5 Å². The minimum atomic E-state index is -0.833. The number of H-pyrrole nitrogens is 1. The standard InChI is InChI=1S/C16H21N3O.C2H4O2/c1-2-18-9-10-19(16(20)12-18)8-7-13-11-17-15-6-4-3-5-14(13)15;1-2(3)4/h3-6,11,17H,2,7-10,12H2,1H3;1H3,(H,3,4). The van der Waals surface area contributed by atoms with E-state index in [-0.39, 0.29) is 5.91 Å². The van der Waals surface area contributed by atoms with Crippen LogP contribution in [0.1, 0.15) is 19.4 Å². The zero-order valence-electron chi connectivity index (χ0n) is 14.3. The fourth-order valence-corrected chi connectivity index (χ4v) is 2.86. The second kappa shape index (κ2) is 8.49. The van der Waals surface area contributed by atoms with Gasteiger partial charge in [0.05, 0.1) is 6.54 Å². The average molecular weight is 331 g/mol. The van der Waals surface area contributed by atoms with Gasteiger partial charge in [0.15, 0.2) is 0 Å². The van der Waals surface area contributed by atoms with Crippen LogP contribution in [0.3, 0.4) is 0 Å². The number of piperazine rings is 1. The second-order valence-corrected chi connectivity index (χ2v) is 5.88. The Hall–Kier alpha value is -2.34. The first-order valence-corrected chi connectivity index (χ1v) is 8.26. The van der Waals surface area contributed by atoms with E-state index in [2.05, 4.69) is 41.2 Å². The summed E-state index contributed by atoms with van der Waals surface area (Å²) in [7, 11) is 0. The molecule has 2 N–H and O–H groups in total. The molecule has 0 spiro atoms. The van der Waals surface area contributed by atoms with Crippen LogP contribution in [0.5, 0.6) is 0 Å². The highest BCUT2D eigenvalue weighted by Gasteiger charge is 2.22. The Kier molecular flexibility index (Phi) is 6.37. The Balaban J connectivity index is 0.000000471. The minimum Gasteiger partial charge on any atom is -0.481 e. The molecular weight excluding hydrogens is 306 g/mol. The zero-order chi connectivity index (χ0) is 17.5. The molecule has 130 valence electrons. The summed E-state index contributed by atoms with van der Waals surface area (Å²) in [6.45, 7) is 7.39.